The molecule has 0 saturated heterocycles. The maximum Gasteiger partial charge on any atom is 0.264 e. The average molecular weight is 503 g/mol. The van der Waals surface area contributed by atoms with E-state index in [0.717, 1.165) is 18.4 Å². The van der Waals surface area contributed by atoms with Crippen molar-refractivity contribution in [3.63, 3.8) is 0 Å². The summed E-state index contributed by atoms with van der Waals surface area (Å²) >= 11 is 9.11. The molecule has 2 atom stereocenters. The highest BCUT2D eigenvalue weighted by Gasteiger charge is 2.34. The number of ether oxygens (including phenoxy) is 1. The van der Waals surface area contributed by atoms with Crippen LogP contribution in [0.5, 0.6) is 5.75 Å². The van der Waals surface area contributed by atoms with Crippen molar-refractivity contribution < 1.29 is 14.3 Å². The Hall–Kier alpha value is -2.35. The van der Waals surface area contributed by atoms with E-state index in [1.165, 1.54) is 16.2 Å². The Bertz CT molecular complexity index is 1080. The molecule has 5 nitrogen and oxygen atoms in total. The lowest BCUT2D eigenvalue weighted by atomic mass is 10.00. The van der Waals surface area contributed by atoms with Gasteiger partial charge in [-0.1, -0.05) is 24.6 Å². The molecule has 0 saturated carbocycles. The van der Waals surface area contributed by atoms with Crippen molar-refractivity contribution >= 4 is 46.1 Å². The van der Waals surface area contributed by atoms with Gasteiger partial charge in [-0.3, -0.25) is 9.59 Å². The average Bonchev–Trinajstić information content (AvgIpc) is 3.53. The van der Waals surface area contributed by atoms with Crippen molar-refractivity contribution in [3.8, 4) is 5.75 Å². The Kier molecular flexibility index (Phi) is 7.73. The van der Waals surface area contributed by atoms with E-state index in [1.54, 1.807) is 28.4 Å². The summed E-state index contributed by atoms with van der Waals surface area (Å²) in [6, 6.07) is 12.8. The molecular formula is C25H27ClN2O3S2. The van der Waals surface area contributed by atoms with E-state index in [2.05, 4.69) is 11.4 Å². The fourth-order valence-corrected chi connectivity index (χ4v) is 5.74. The van der Waals surface area contributed by atoms with Crippen LogP contribution < -0.4 is 4.74 Å². The third-order valence-electron chi connectivity index (χ3n) is 6.06. The van der Waals surface area contributed by atoms with Crippen molar-refractivity contribution in [2.45, 2.75) is 38.8 Å². The van der Waals surface area contributed by atoms with Crippen LogP contribution in [0.25, 0.3) is 0 Å². The zero-order valence-electron chi connectivity index (χ0n) is 18.7. The molecule has 2 aromatic heterocycles. The second-order valence-electron chi connectivity index (χ2n) is 8.08. The fraction of sp³-hybridized carbons (Fsp3) is 0.360. The van der Waals surface area contributed by atoms with Gasteiger partial charge in [-0.05, 0) is 72.5 Å². The van der Waals surface area contributed by atoms with E-state index in [0.29, 0.717) is 28.8 Å². The minimum Gasteiger partial charge on any atom is -0.491 e. The third kappa shape index (κ3) is 5.42. The Morgan fingerprint density at radius 1 is 1.18 bits per heavy atom. The Morgan fingerprint density at radius 3 is 2.67 bits per heavy atom. The zero-order chi connectivity index (χ0) is 23.4. The topological polar surface area (TPSA) is 49.9 Å². The highest BCUT2D eigenvalue weighted by atomic mass is 35.5. The minimum atomic E-state index is -0.196. The first-order valence-corrected chi connectivity index (χ1v) is 13.2. The van der Waals surface area contributed by atoms with E-state index in [9.17, 15) is 9.59 Å². The van der Waals surface area contributed by atoms with Gasteiger partial charge in [-0.2, -0.15) is 0 Å². The minimum absolute atomic E-state index is 0.0335. The van der Waals surface area contributed by atoms with E-state index in [-0.39, 0.29) is 30.4 Å². The molecule has 1 aliphatic heterocycles. The van der Waals surface area contributed by atoms with Gasteiger partial charge in [0.25, 0.3) is 5.91 Å². The molecule has 2 amide bonds. The number of carbonyl (C=O) groups is 2. The summed E-state index contributed by atoms with van der Waals surface area (Å²) in [5, 5.41) is 4.61. The molecule has 1 aliphatic rings. The van der Waals surface area contributed by atoms with Crippen molar-refractivity contribution in [1.29, 1.82) is 0 Å². The zero-order valence-corrected chi connectivity index (χ0v) is 21.1. The third-order valence-corrected chi connectivity index (χ3v) is 8.16. The first kappa shape index (κ1) is 23.8. The Morgan fingerprint density at radius 2 is 1.97 bits per heavy atom. The number of halogens is 1. The normalized spacial score (nSPS) is 16.2. The Balaban J connectivity index is 1.53. The van der Waals surface area contributed by atoms with Crippen molar-refractivity contribution in [2.24, 2.45) is 0 Å². The maximum absolute atomic E-state index is 13.6. The number of thiophene rings is 2. The molecule has 8 heteroatoms. The smallest absolute Gasteiger partial charge is 0.264 e. The van der Waals surface area contributed by atoms with Gasteiger partial charge in [0, 0.05) is 22.5 Å². The van der Waals surface area contributed by atoms with Crippen molar-refractivity contribution in [3.05, 3.63) is 73.6 Å². The molecule has 0 fully saturated rings. The summed E-state index contributed by atoms with van der Waals surface area (Å²) < 4.78 is 6.06. The Labute approximate surface area is 207 Å². The molecule has 0 bridgehead atoms. The molecule has 3 heterocycles. The lowest BCUT2D eigenvalue weighted by Crippen LogP contribution is -2.49. The molecular weight excluding hydrogens is 476 g/mol. The lowest BCUT2D eigenvalue weighted by Gasteiger charge is -2.38. The van der Waals surface area contributed by atoms with Gasteiger partial charge < -0.3 is 14.5 Å². The van der Waals surface area contributed by atoms with Crippen LogP contribution in [0.1, 0.15) is 46.4 Å². The molecule has 1 aromatic carbocycles. The molecule has 0 aliphatic carbocycles. The number of fused-ring (bicyclic) bond motifs is 1. The van der Waals surface area contributed by atoms with Gasteiger partial charge in [0.1, 0.15) is 18.9 Å². The molecule has 0 N–H and O–H groups in total. The first-order chi connectivity index (χ1) is 16.0. The largest absolute Gasteiger partial charge is 0.491 e. The second-order valence-corrected chi connectivity index (χ2v) is 10.5. The molecule has 0 radical (unpaired) electrons. The van der Waals surface area contributed by atoms with Crippen molar-refractivity contribution in [1.82, 2.24) is 9.80 Å². The van der Waals surface area contributed by atoms with Gasteiger partial charge in [-0.25, -0.2) is 0 Å². The second kappa shape index (κ2) is 10.7. The molecule has 4 rings (SSSR count). The van der Waals surface area contributed by atoms with Crippen LogP contribution in [-0.4, -0.2) is 47.4 Å². The highest BCUT2D eigenvalue weighted by Crippen LogP contribution is 2.34. The number of rotatable bonds is 8. The highest BCUT2D eigenvalue weighted by molar-refractivity contribution is 7.12. The van der Waals surface area contributed by atoms with Crippen LogP contribution in [0.3, 0.4) is 0 Å². The van der Waals surface area contributed by atoms with E-state index < -0.39 is 0 Å². The van der Waals surface area contributed by atoms with Crippen LogP contribution in [0.4, 0.5) is 0 Å². The first-order valence-electron chi connectivity index (χ1n) is 11.1. The van der Waals surface area contributed by atoms with Gasteiger partial charge >= 0.3 is 0 Å². The van der Waals surface area contributed by atoms with Gasteiger partial charge in [0.15, 0.2) is 0 Å². The number of amides is 2. The van der Waals surface area contributed by atoms with Crippen LogP contribution in [0.15, 0.2) is 53.2 Å². The summed E-state index contributed by atoms with van der Waals surface area (Å²) in [5.74, 6) is 0.569. The van der Waals surface area contributed by atoms with Crippen molar-refractivity contribution in [2.75, 3.05) is 19.7 Å². The number of carbonyl (C=O) groups excluding carboxylic acids is 2. The van der Waals surface area contributed by atoms with E-state index in [1.807, 2.05) is 48.4 Å². The lowest BCUT2D eigenvalue weighted by molar-refractivity contribution is -0.136. The van der Waals surface area contributed by atoms with Crippen LogP contribution >= 0.6 is 34.3 Å². The number of hydrogen-bond donors (Lipinski definition) is 0. The molecule has 33 heavy (non-hydrogen) atoms. The summed E-state index contributed by atoms with van der Waals surface area (Å²) in [4.78, 5) is 32.2. The van der Waals surface area contributed by atoms with E-state index in [4.69, 9.17) is 16.3 Å². The summed E-state index contributed by atoms with van der Waals surface area (Å²) in [5.41, 5.74) is 1.13. The quantitative estimate of drug-likeness (QED) is 0.385. The predicted octanol–water partition coefficient (Wildman–Crippen LogP) is 5.91. The number of benzene rings is 1. The standard InChI is InChI=1S/C25H27ClN2O3S2/c1-3-17(2)28(25(30)23-5-4-13-32-23)15-24(29)27-12-10-22-20(11-14-33-22)21(27)16-31-19-8-6-18(26)7-9-19/h4-9,11,13-14,17,21H,3,10,12,15-16H2,1-2H3/t17-,21+/m1/s1. The molecule has 0 unspecified atom stereocenters. The van der Waals surface area contributed by atoms with Crippen LogP contribution in [-0.2, 0) is 11.2 Å². The SMILES string of the molecule is CC[C@@H](C)N(CC(=O)N1CCc2sccc2[C@@H]1COc1ccc(Cl)cc1)C(=O)c1cccs1. The van der Waals surface area contributed by atoms with Gasteiger partial charge in [0.05, 0.1) is 10.9 Å². The predicted molar refractivity (Wildman–Crippen MR) is 135 cm³/mol. The van der Waals surface area contributed by atoms with Crippen LogP contribution in [0.2, 0.25) is 5.02 Å². The molecule has 0 spiro atoms. The molecule has 3 aromatic rings. The summed E-state index contributed by atoms with van der Waals surface area (Å²) in [6.45, 7) is 5.04. The maximum atomic E-state index is 13.6. The summed E-state index contributed by atoms with van der Waals surface area (Å²) in [6.07, 6.45) is 1.60. The molecule has 174 valence electrons. The number of hydrogen-bond acceptors (Lipinski definition) is 5. The number of nitrogens with zero attached hydrogens (tertiary/aromatic N) is 2. The fourth-order valence-electron chi connectivity index (χ4n) is 4.01. The monoisotopic (exact) mass is 502 g/mol. The van der Waals surface area contributed by atoms with Gasteiger partial charge in [0.2, 0.25) is 5.91 Å². The van der Waals surface area contributed by atoms with E-state index >= 15 is 0 Å². The van der Waals surface area contributed by atoms with Gasteiger partial charge in [-0.15, -0.1) is 22.7 Å². The summed E-state index contributed by atoms with van der Waals surface area (Å²) in [7, 11) is 0. The van der Waals surface area contributed by atoms with Crippen LogP contribution in [0, 0.1) is 0 Å².